The van der Waals surface area contributed by atoms with Crippen LogP contribution < -0.4 is 10.4 Å². The second-order valence-electron chi connectivity index (χ2n) is 8.26. The molecule has 2 aliphatic heterocycles. The standard InChI is InChI=1S/C24H28ClFN4O/c1-17-22(24(31)28-29-15-7-3-2-4-8-16-29)27-30(21-10-6-5-9-20(21)25)23(17)18-11-13-19(26)14-12-18/h5-6,9-14,17,23H,2-4,7-8,15-16H2,1H3,(H,28,31). The van der Waals surface area contributed by atoms with Crippen molar-refractivity contribution in [1.82, 2.24) is 10.4 Å². The number of hydrogen-bond acceptors (Lipinski definition) is 4. The monoisotopic (exact) mass is 442 g/mol. The molecule has 31 heavy (non-hydrogen) atoms. The highest BCUT2D eigenvalue weighted by Gasteiger charge is 2.40. The first kappa shape index (κ1) is 21.8. The number of hydrazone groups is 1. The lowest BCUT2D eigenvalue weighted by atomic mass is 9.91. The summed E-state index contributed by atoms with van der Waals surface area (Å²) in [4.78, 5) is 13.2. The van der Waals surface area contributed by atoms with Crippen LogP contribution in [0.5, 0.6) is 0 Å². The van der Waals surface area contributed by atoms with E-state index in [9.17, 15) is 9.18 Å². The molecular formula is C24H28ClFN4O. The third-order valence-corrected chi connectivity index (χ3v) is 6.36. The van der Waals surface area contributed by atoms with Crippen LogP contribution in [0.4, 0.5) is 10.1 Å². The maximum Gasteiger partial charge on any atom is 0.282 e. The highest BCUT2D eigenvalue weighted by atomic mass is 35.5. The topological polar surface area (TPSA) is 47.9 Å². The van der Waals surface area contributed by atoms with Gasteiger partial charge in [0.2, 0.25) is 0 Å². The largest absolute Gasteiger partial charge is 0.284 e. The number of hydrogen-bond donors (Lipinski definition) is 1. The number of halogens is 2. The van der Waals surface area contributed by atoms with E-state index in [1.165, 1.54) is 31.4 Å². The van der Waals surface area contributed by atoms with Crippen molar-refractivity contribution in [2.24, 2.45) is 11.0 Å². The molecule has 2 aromatic rings. The first-order valence-electron chi connectivity index (χ1n) is 11.0. The average molecular weight is 443 g/mol. The van der Waals surface area contributed by atoms with Gasteiger partial charge in [0.1, 0.15) is 11.5 Å². The van der Waals surface area contributed by atoms with E-state index in [1.807, 2.05) is 30.1 Å². The van der Waals surface area contributed by atoms with Gasteiger partial charge in [-0.3, -0.25) is 15.2 Å². The fourth-order valence-corrected chi connectivity index (χ4v) is 4.60. The van der Waals surface area contributed by atoms with E-state index in [0.717, 1.165) is 37.2 Å². The molecule has 1 saturated heterocycles. The SMILES string of the molecule is CC1C(C(=O)NN2CCCCCCC2)=NN(c2ccccc2Cl)C1c1ccc(F)cc1. The molecule has 2 aromatic carbocycles. The summed E-state index contributed by atoms with van der Waals surface area (Å²) >= 11 is 6.47. The van der Waals surface area contributed by atoms with E-state index >= 15 is 0 Å². The molecular weight excluding hydrogens is 415 g/mol. The van der Waals surface area contributed by atoms with Crippen molar-refractivity contribution in [1.29, 1.82) is 0 Å². The van der Waals surface area contributed by atoms with E-state index in [4.69, 9.17) is 16.7 Å². The van der Waals surface area contributed by atoms with Crippen LogP contribution in [0.25, 0.3) is 0 Å². The smallest absolute Gasteiger partial charge is 0.282 e. The number of amides is 1. The maximum absolute atomic E-state index is 13.5. The molecule has 2 aliphatic rings. The Morgan fingerprint density at radius 3 is 2.35 bits per heavy atom. The number of benzene rings is 2. The van der Waals surface area contributed by atoms with Gasteiger partial charge in [0.25, 0.3) is 5.91 Å². The molecule has 7 heteroatoms. The van der Waals surface area contributed by atoms with Crippen LogP contribution in [0.1, 0.15) is 50.6 Å². The third-order valence-electron chi connectivity index (χ3n) is 6.04. The second-order valence-corrected chi connectivity index (χ2v) is 8.67. The van der Waals surface area contributed by atoms with Crippen LogP contribution in [-0.4, -0.2) is 29.7 Å². The molecule has 4 rings (SSSR count). The minimum atomic E-state index is -0.297. The average Bonchev–Trinajstić information content (AvgIpc) is 3.08. The number of nitrogens with one attached hydrogen (secondary N) is 1. The number of anilines is 1. The first-order valence-corrected chi connectivity index (χ1v) is 11.4. The Bertz CT molecular complexity index is 941. The number of para-hydroxylation sites is 1. The first-order chi connectivity index (χ1) is 15.0. The molecule has 0 aliphatic carbocycles. The third kappa shape index (κ3) is 4.91. The Labute approximate surface area is 187 Å². The number of carbonyl (C=O) groups excluding carboxylic acids is 1. The van der Waals surface area contributed by atoms with Crippen LogP contribution in [0, 0.1) is 11.7 Å². The van der Waals surface area contributed by atoms with Crippen molar-refractivity contribution in [2.45, 2.75) is 45.1 Å². The van der Waals surface area contributed by atoms with Crippen molar-refractivity contribution in [3.05, 3.63) is 64.9 Å². The molecule has 164 valence electrons. The summed E-state index contributed by atoms with van der Waals surface area (Å²) in [5, 5.41) is 9.08. The van der Waals surface area contributed by atoms with Crippen molar-refractivity contribution in [3.63, 3.8) is 0 Å². The van der Waals surface area contributed by atoms with Crippen LogP contribution >= 0.6 is 11.6 Å². The Morgan fingerprint density at radius 1 is 1.03 bits per heavy atom. The molecule has 0 aromatic heterocycles. The Balaban J connectivity index is 1.62. The molecule has 2 heterocycles. The zero-order valence-corrected chi connectivity index (χ0v) is 18.5. The van der Waals surface area contributed by atoms with E-state index in [-0.39, 0.29) is 23.7 Å². The van der Waals surface area contributed by atoms with Gasteiger partial charge in [0.05, 0.1) is 16.8 Å². The maximum atomic E-state index is 13.5. The predicted octanol–water partition coefficient (Wildman–Crippen LogP) is 5.33. The molecule has 1 fully saturated rings. The summed E-state index contributed by atoms with van der Waals surface area (Å²) in [5.41, 5.74) is 5.13. The zero-order valence-electron chi connectivity index (χ0n) is 17.7. The molecule has 0 bridgehead atoms. The normalized spacial score (nSPS) is 22.5. The quantitative estimate of drug-likeness (QED) is 0.696. The van der Waals surface area contributed by atoms with Gasteiger partial charge in [-0.15, -0.1) is 0 Å². The minimum Gasteiger partial charge on any atom is -0.284 e. The van der Waals surface area contributed by atoms with E-state index in [0.29, 0.717) is 10.7 Å². The summed E-state index contributed by atoms with van der Waals surface area (Å²) in [6.45, 7) is 3.68. The molecule has 1 amide bonds. The summed E-state index contributed by atoms with van der Waals surface area (Å²) in [6, 6.07) is 13.5. The Hall–Kier alpha value is -2.44. The highest BCUT2D eigenvalue weighted by molar-refractivity contribution is 6.40. The van der Waals surface area contributed by atoms with Crippen LogP contribution in [0.2, 0.25) is 5.02 Å². The zero-order chi connectivity index (χ0) is 21.8. The summed E-state index contributed by atoms with van der Waals surface area (Å²) in [5.74, 6) is -0.680. The summed E-state index contributed by atoms with van der Waals surface area (Å²) < 4.78 is 13.5. The fraction of sp³-hybridized carbons (Fsp3) is 0.417. The predicted molar refractivity (Wildman–Crippen MR) is 122 cm³/mol. The van der Waals surface area contributed by atoms with Crippen molar-refractivity contribution >= 4 is 28.9 Å². The van der Waals surface area contributed by atoms with Gasteiger partial charge in [0.15, 0.2) is 0 Å². The minimum absolute atomic E-state index is 0.185. The second kappa shape index (κ2) is 9.79. The molecule has 0 saturated carbocycles. The van der Waals surface area contributed by atoms with E-state index in [1.54, 1.807) is 23.2 Å². The van der Waals surface area contributed by atoms with Gasteiger partial charge in [-0.1, -0.05) is 62.1 Å². The summed E-state index contributed by atoms with van der Waals surface area (Å²) in [7, 11) is 0. The summed E-state index contributed by atoms with van der Waals surface area (Å²) in [6.07, 6.45) is 5.80. The van der Waals surface area contributed by atoms with Crippen molar-refractivity contribution in [3.8, 4) is 0 Å². The van der Waals surface area contributed by atoms with Gasteiger partial charge in [-0.05, 0) is 42.7 Å². The Morgan fingerprint density at radius 2 is 1.68 bits per heavy atom. The molecule has 2 atom stereocenters. The van der Waals surface area contributed by atoms with Gasteiger partial charge >= 0.3 is 0 Å². The van der Waals surface area contributed by atoms with Crippen LogP contribution in [-0.2, 0) is 4.79 Å². The molecule has 5 nitrogen and oxygen atoms in total. The highest BCUT2D eigenvalue weighted by Crippen LogP contribution is 2.41. The van der Waals surface area contributed by atoms with Gasteiger partial charge in [-0.2, -0.15) is 5.10 Å². The van der Waals surface area contributed by atoms with Gasteiger partial charge in [-0.25, -0.2) is 9.40 Å². The lowest BCUT2D eigenvalue weighted by Gasteiger charge is -2.28. The fourth-order valence-electron chi connectivity index (χ4n) is 4.37. The van der Waals surface area contributed by atoms with Crippen molar-refractivity contribution < 1.29 is 9.18 Å². The van der Waals surface area contributed by atoms with Gasteiger partial charge in [0, 0.05) is 19.0 Å². The lowest BCUT2D eigenvalue weighted by molar-refractivity contribution is -0.119. The molecule has 0 radical (unpaired) electrons. The van der Waals surface area contributed by atoms with E-state index < -0.39 is 0 Å². The molecule has 1 N–H and O–H groups in total. The van der Waals surface area contributed by atoms with Gasteiger partial charge < -0.3 is 0 Å². The lowest BCUT2D eigenvalue weighted by Crippen LogP contribution is -2.47. The van der Waals surface area contributed by atoms with Crippen molar-refractivity contribution in [2.75, 3.05) is 18.1 Å². The Kier molecular flexibility index (Phi) is 6.88. The number of carbonyl (C=O) groups is 1. The van der Waals surface area contributed by atoms with Crippen LogP contribution in [0.15, 0.2) is 53.6 Å². The van der Waals surface area contributed by atoms with Crippen LogP contribution in [0.3, 0.4) is 0 Å². The molecule has 0 spiro atoms. The molecule has 2 unspecified atom stereocenters. The number of hydrazine groups is 1. The van der Waals surface area contributed by atoms with E-state index in [2.05, 4.69) is 5.43 Å². The number of rotatable bonds is 4. The number of nitrogens with zero attached hydrogens (tertiary/aromatic N) is 3.